The molecule has 0 aliphatic carbocycles. The Hall–Kier alpha value is -2.05. The van der Waals surface area contributed by atoms with Crippen LogP contribution in [0.15, 0.2) is 12.7 Å². The van der Waals surface area contributed by atoms with Crippen molar-refractivity contribution >= 4 is 11.2 Å². The number of aliphatic hydroxyl groups is 3. The molecule has 0 aromatic carbocycles. The Morgan fingerprint density at radius 2 is 2.24 bits per heavy atom. The summed E-state index contributed by atoms with van der Waals surface area (Å²) in [5, 5.41) is 29.7. The summed E-state index contributed by atoms with van der Waals surface area (Å²) in [6, 6.07) is 0. The molecule has 8 nitrogen and oxygen atoms in total. The molecule has 4 atom stereocenters. The highest BCUT2D eigenvalue weighted by Gasteiger charge is 2.53. The topological polar surface area (TPSA) is 114 Å². The van der Waals surface area contributed by atoms with Crippen molar-refractivity contribution in [1.29, 1.82) is 0 Å². The van der Waals surface area contributed by atoms with E-state index in [-0.39, 0.29) is 0 Å². The van der Waals surface area contributed by atoms with Crippen molar-refractivity contribution in [3.05, 3.63) is 18.3 Å². The van der Waals surface area contributed by atoms with Gasteiger partial charge < -0.3 is 20.1 Å². The zero-order chi connectivity index (χ0) is 15.2. The van der Waals surface area contributed by atoms with Crippen LogP contribution in [0.25, 0.3) is 11.2 Å². The van der Waals surface area contributed by atoms with Crippen LogP contribution in [0.1, 0.15) is 18.8 Å². The van der Waals surface area contributed by atoms with E-state index in [2.05, 4.69) is 20.9 Å². The maximum atomic E-state index is 10.5. The molecule has 3 N–H and O–H groups in total. The van der Waals surface area contributed by atoms with Crippen molar-refractivity contribution in [1.82, 2.24) is 19.5 Å². The molecule has 0 saturated carbocycles. The number of ether oxygens (including phenoxy) is 1. The molecule has 0 unspecified atom stereocenters. The van der Waals surface area contributed by atoms with Gasteiger partial charge in [0.15, 0.2) is 11.9 Å². The molecule has 1 aliphatic heterocycles. The monoisotopic (exact) mass is 290 g/mol. The molecule has 0 amide bonds. The van der Waals surface area contributed by atoms with Gasteiger partial charge in [0.1, 0.15) is 35.3 Å². The third-order valence-electron chi connectivity index (χ3n) is 3.68. The summed E-state index contributed by atoms with van der Waals surface area (Å²) in [4.78, 5) is 12.2. The first kappa shape index (κ1) is 13.9. The predicted octanol–water partition coefficient (Wildman–Crippen LogP) is -1.19. The van der Waals surface area contributed by atoms with Crippen LogP contribution in [0.2, 0.25) is 0 Å². The minimum absolute atomic E-state index is 0.329. The predicted molar refractivity (Wildman–Crippen MR) is 70.9 cm³/mol. The van der Waals surface area contributed by atoms with Gasteiger partial charge in [0, 0.05) is 0 Å². The molecule has 3 rings (SSSR count). The van der Waals surface area contributed by atoms with E-state index in [4.69, 9.17) is 11.2 Å². The van der Waals surface area contributed by atoms with Crippen molar-refractivity contribution in [3.63, 3.8) is 0 Å². The minimum atomic E-state index is -1.61. The number of aromatic nitrogens is 4. The molecule has 0 spiro atoms. The smallest absolute Gasteiger partial charge is 0.168 e. The summed E-state index contributed by atoms with van der Waals surface area (Å²) in [6.45, 7) is 1.01. The number of rotatable bonds is 2. The summed E-state index contributed by atoms with van der Waals surface area (Å²) < 4.78 is 6.99. The molecule has 1 aliphatic rings. The van der Waals surface area contributed by atoms with Crippen LogP contribution < -0.4 is 0 Å². The second-order valence-corrected chi connectivity index (χ2v) is 5.07. The second-order valence-electron chi connectivity index (χ2n) is 5.07. The van der Waals surface area contributed by atoms with E-state index in [1.165, 1.54) is 24.1 Å². The zero-order valence-corrected chi connectivity index (χ0v) is 11.2. The molecule has 110 valence electrons. The first-order chi connectivity index (χ1) is 10.0. The van der Waals surface area contributed by atoms with E-state index in [1.54, 1.807) is 0 Å². The number of nitrogens with zero attached hydrogens (tertiary/aromatic N) is 4. The van der Waals surface area contributed by atoms with Gasteiger partial charge in [-0.15, -0.1) is 6.42 Å². The Morgan fingerprint density at radius 1 is 1.48 bits per heavy atom. The van der Waals surface area contributed by atoms with Crippen molar-refractivity contribution in [2.24, 2.45) is 0 Å². The largest absolute Gasteiger partial charge is 0.394 e. The van der Waals surface area contributed by atoms with E-state index < -0.39 is 30.6 Å². The Bertz CT molecular complexity index is 721. The second kappa shape index (κ2) is 4.75. The Labute approximate surface area is 120 Å². The average Bonchev–Trinajstić information content (AvgIpc) is 2.99. The summed E-state index contributed by atoms with van der Waals surface area (Å²) in [6.07, 6.45) is 4.98. The lowest BCUT2D eigenvalue weighted by molar-refractivity contribution is -0.0950. The summed E-state index contributed by atoms with van der Waals surface area (Å²) in [5.41, 5.74) is -0.492. The lowest BCUT2D eigenvalue weighted by atomic mass is 9.96. The van der Waals surface area contributed by atoms with Gasteiger partial charge in [0.2, 0.25) is 0 Å². The summed E-state index contributed by atoms with van der Waals surface area (Å²) in [5.74, 6) is 2.40. The third-order valence-corrected chi connectivity index (χ3v) is 3.68. The third kappa shape index (κ3) is 1.91. The fourth-order valence-electron chi connectivity index (χ4n) is 2.52. The number of hydrogen-bond donors (Lipinski definition) is 3. The average molecular weight is 290 g/mol. The van der Waals surface area contributed by atoms with Gasteiger partial charge >= 0.3 is 0 Å². The number of fused-ring (bicyclic) bond motifs is 1. The van der Waals surface area contributed by atoms with Gasteiger partial charge in [-0.2, -0.15) is 0 Å². The molecule has 8 heteroatoms. The Morgan fingerprint density at radius 3 is 2.86 bits per heavy atom. The molecular weight excluding hydrogens is 276 g/mol. The molecule has 0 radical (unpaired) electrons. The van der Waals surface area contributed by atoms with Gasteiger partial charge in [-0.05, 0) is 12.8 Å². The SMILES string of the molecule is C#Cc1ncnc2c1ncn2[C@@H]1O[C@H](CO)[C@@H](O)[C@@]1(C)O. The number of imidazole rings is 1. The van der Waals surface area contributed by atoms with Crippen LogP contribution in [-0.4, -0.2) is 59.3 Å². The number of aliphatic hydroxyl groups excluding tert-OH is 2. The highest BCUT2D eigenvalue weighted by Crippen LogP contribution is 2.39. The van der Waals surface area contributed by atoms with E-state index in [1.807, 2.05) is 0 Å². The quantitative estimate of drug-likeness (QED) is 0.596. The van der Waals surface area contributed by atoms with Gasteiger partial charge in [0.25, 0.3) is 0 Å². The molecule has 1 saturated heterocycles. The standard InChI is InChI=1S/C13H14N4O4/c1-3-7-9-11(15-5-14-7)17(6-16-9)12-13(2,20)10(19)8(4-18)21-12/h1,5-6,8,10,12,18-20H,4H2,2H3/t8-,10-,12-,13-/m1/s1. The summed E-state index contributed by atoms with van der Waals surface area (Å²) in [7, 11) is 0. The van der Waals surface area contributed by atoms with Crippen molar-refractivity contribution in [2.75, 3.05) is 6.61 Å². The highest BCUT2D eigenvalue weighted by atomic mass is 16.6. The number of hydrogen-bond acceptors (Lipinski definition) is 7. The number of terminal acetylenes is 1. The summed E-state index contributed by atoms with van der Waals surface area (Å²) >= 11 is 0. The van der Waals surface area contributed by atoms with Gasteiger partial charge in [-0.25, -0.2) is 15.0 Å². The zero-order valence-electron chi connectivity index (χ0n) is 11.2. The molecule has 0 bridgehead atoms. The van der Waals surface area contributed by atoms with E-state index in [0.717, 1.165) is 0 Å². The molecule has 1 fully saturated rings. The van der Waals surface area contributed by atoms with Crippen molar-refractivity contribution in [2.45, 2.75) is 31.0 Å². The lowest BCUT2D eigenvalue weighted by Crippen LogP contribution is -2.44. The van der Waals surface area contributed by atoms with E-state index in [9.17, 15) is 15.3 Å². The first-order valence-electron chi connectivity index (χ1n) is 6.31. The maximum absolute atomic E-state index is 10.5. The van der Waals surface area contributed by atoms with Crippen molar-refractivity contribution in [3.8, 4) is 12.3 Å². The normalized spacial score (nSPS) is 32.4. The van der Waals surface area contributed by atoms with E-state index >= 15 is 0 Å². The molecule has 2 aromatic heterocycles. The van der Waals surface area contributed by atoms with Crippen LogP contribution >= 0.6 is 0 Å². The highest BCUT2D eigenvalue weighted by molar-refractivity contribution is 5.76. The van der Waals surface area contributed by atoms with Crippen LogP contribution in [0.5, 0.6) is 0 Å². The fraction of sp³-hybridized carbons (Fsp3) is 0.462. The Kier molecular flexibility index (Phi) is 3.15. The Balaban J connectivity index is 2.12. The van der Waals surface area contributed by atoms with Crippen LogP contribution in [0.4, 0.5) is 0 Å². The minimum Gasteiger partial charge on any atom is -0.394 e. The lowest BCUT2D eigenvalue weighted by Gasteiger charge is -2.27. The van der Waals surface area contributed by atoms with E-state index in [0.29, 0.717) is 16.9 Å². The van der Waals surface area contributed by atoms with Gasteiger partial charge in [-0.1, -0.05) is 0 Å². The molecule has 3 heterocycles. The van der Waals surface area contributed by atoms with Crippen molar-refractivity contribution < 1.29 is 20.1 Å². The van der Waals surface area contributed by atoms with Crippen LogP contribution in [-0.2, 0) is 4.74 Å². The molecular formula is C13H14N4O4. The first-order valence-corrected chi connectivity index (χ1v) is 6.31. The van der Waals surface area contributed by atoms with Crippen LogP contribution in [0, 0.1) is 12.3 Å². The van der Waals surface area contributed by atoms with Crippen LogP contribution in [0.3, 0.4) is 0 Å². The molecule has 2 aromatic rings. The molecule has 21 heavy (non-hydrogen) atoms. The van der Waals surface area contributed by atoms with Gasteiger partial charge in [-0.3, -0.25) is 4.57 Å². The maximum Gasteiger partial charge on any atom is 0.168 e. The fourth-order valence-corrected chi connectivity index (χ4v) is 2.52. The van der Waals surface area contributed by atoms with Gasteiger partial charge in [0.05, 0.1) is 12.9 Å².